The fraction of sp³-hybridized carbons (Fsp3) is 0.452. The minimum absolute atomic E-state index is 0. The van der Waals surface area contributed by atoms with Gasteiger partial charge in [0.2, 0.25) is 0 Å². The van der Waals surface area contributed by atoms with Crippen molar-refractivity contribution in [3.63, 3.8) is 0 Å². The molecule has 0 aliphatic heterocycles. The van der Waals surface area contributed by atoms with Crippen LogP contribution in [0, 0.1) is 5.92 Å². The average Bonchev–Trinajstić information content (AvgIpc) is 3.41. The minimum Gasteiger partial charge on any atom is -1.00 e. The summed E-state index contributed by atoms with van der Waals surface area (Å²) < 4.78 is 6.35. The fourth-order valence-electron chi connectivity index (χ4n) is 7.41. The van der Waals surface area contributed by atoms with Crippen molar-refractivity contribution in [3.05, 3.63) is 108 Å². The van der Waals surface area contributed by atoms with Crippen molar-refractivity contribution in [2.24, 2.45) is 5.92 Å². The van der Waals surface area contributed by atoms with E-state index in [-0.39, 0.29) is 41.1 Å². The summed E-state index contributed by atoms with van der Waals surface area (Å²) in [5, 5.41) is 1.69. The van der Waals surface area contributed by atoms with Gasteiger partial charge in [0.15, 0.2) is 0 Å². The van der Waals surface area contributed by atoms with E-state index < -0.39 is 29.3 Å². The quantitative estimate of drug-likeness (QED) is 0.259. The van der Waals surface area contributed by atoms with Crippen molar-refractivity contribution in [2.45, 2.75) is 118 Å². The topological polar surface area (TPSA) is 0 Å². The molecule has 0 bridgehead atoms. The molecule has 0 heterocycles. The Hall–Kier alpha value is -1.31. The van der Waals surface area contributed by atoms with Crippen molar-refractivity contribution in [2.75, 3.05) is 0 Å². The van der Waals surface area contributed by atoms with Crippen LogP contribution in [-0.2, 0) is 43.9 Å². The maximum Gasteiger partial charge on any atom is -1.00 e. The van der Waals surface area contributed by atoms with Crippen LogP contribution in [0.2, 0.25) is 19.6 Å². The summed E-state index contributed by atoms with van der Waals surface area (Å²) >= 11 is -2.63. The summed E-state index contributed by atoms with van der Waals surface area (Å²) in [5.41, 5.74) is 13.9. The van der Waals surface area contributed by atoms with Crippen LogP contribution in [0.3, 0.4) is 0 Å². The summed E-state index contributed by atoms with van der Waals surface area (Å²) in [7, 11) is -1.46. The molecule has 5 rings (SSSR count). The van der Waals surface area contributed by atoms with E-state index in [1.807, 2.05) is 0 Å². The first-order valence-corrected chi connectivity index (χ1v) is 24.1. The minimum atomic E-state index is -2.63. The number of fused-ring (bicyclic) bond motifs is 3. The first-order chi connectivity index (χ1) is 20.2. The van der Waals surface area contributed by atoms with E-state index in [9.17, 15) is 0 Å². The van der Waals surface area contributed by atoms with Gasteiger partial charge in [-0.25, -0.2) is 0 Å². The van der Waals surface area contributed by atoms with Gasteiger partial charge in [0, 0.05) is 0 Å². The van der Waals surface area contributed by atoms with Gasteiger partial charge in [-0.3, -0.25) is 0 Å². The second kappa shape index (κ2) is 13.5. The predicted molar refractivity (Wildman–Crippen MR) is 195 cm³/mol. The smallest absolute Gasteiger partial charge is 1.00 e. The van der Waals surface area contributed by atoms with Gasteiger partial charge in [-0.1, -0.05) is 0 Å². The third-order valence-corrected chi connectivity index (χ3v) is 19.8. The molecule has 0 radical (unpaired) electrons. The predicted octanol–water partition coefficient (Wildman–Crippen LogP) is 4.98. The van der Waals surface area contributed by atoms with Crippen LogP contribution in [0.4, 0.5) is 0 Å². The summed E-state index contributed by atoms with van der Waals surface area (Å²) in [5.74, 6) is 0.510. The van der Waals surface area contributed by atoms with Gasteiger partial charge in [-0.2, -0.15) is 0 Å². The van der Waals surface area contributed by atoms with Gasteiger partial charge >= 0.3 is 280 Å². The monoisotopic (exact) mass is 748 g/mol. The molecule has 0 saturated carbocycles. The number of halogens is 2. The van der Waals surface area contributed by atoms with Gasteiger partial charge in [0.1, 0.15) is 0 Å². The molecule has 0 spiro atoms. The Labute approximate surface area is 302 Å². The molecule has 3 aromatic carbocycles. The van der Waals surface area contributed by atoms with Gasteiger partial charge in [0.25, 0.3) is 0 Å². The van der Waals surface area contributed by atoms with Crippen LogP contribution in [-0.4, -0.2) is 11.8 Å². The molecule has 0 saturated heterocycles. The van der Waals surface area contributed by atoms with E-state index >= 15 is 0 Å². The first kappa shape index (κ1) is 39.1. The number of hydrogen-bond donors (Lipinski definition) is 0. The van der Waals surface area contributed by atoms with E-state index in [1.165, 1.54) is 33.4 Å². The molecule has 4 heteroatoms. The number of benzene rings is 3. The number of rotatable bonds is 4. The van der Waals surface area contributed by atoms with Gasteiger partial charge in [-0.05, 0) is 0 Å². The standard InChI is InChI=1S/C21H25.C11H14.C10H17Si.2ClH.Zr/c1-20(2,3)16-7-9-18-14(12-16)11-15-13-17(21(4,5)6)8-10-19(15)18;1-9-5-7-10(8-6-9)11(2,3)4;1-8-6-9(2)10(7-8)11(3,4)5;;;/h7-10,12H,11H2,1-6H3;1,5-8H,2-4H3;7-8H,1-5H3;2*1H;/q;;;;;+2/p-2. The molecule has 0 amide bonds. The number of hydrogen-bond acceptors (Lipinski definition) is 0. The van der Waals surface area contributed by atoms with Crippen LogP contribution in [0.15, 0.2) is 74.7 Å². The van der Waals surface area contributed by atoms with Crippen LogP contribution in [0.25, 0.3) is 11.1 Å². The third-order valence-electron chi connectivity index (χ3n) is 9.88. The largest absolute Gasteiger partial charge is 1.00 e. The normalized spacial score (nSPS) is 16.5. The van der Waals surface area contributed by atoms with Gasteiger partial charge < -0.3 is 24.8 Å². The summed E-state index contributed by atoms with van der Waals surface area (Å²) in [4.78, 5) is 0. The van der Waals surface area contributed by atoms with Crippen LogP contribution in [0.1, 0.15) is 110 Å². The summed E-state index contributed by atoms with van der Waals surface area (Å²) in [6.07, 6.45) is 3.72. The van der Waals surface area contributed by atoms with Gasteiger partial charge in [-0.15, -0.1) is 0 Å². The van der Waals surface area contributed by atoms with E-state index in [1.54, 1.807) is 28.4 Å². The molecule has 3 aromatic rings. The zero-order valence-corrected chi connectivity index (χ0v) is 35.9. The third kappa shape index (κ3) is 7.62. The molecule has 46 heavy (non-hydrogen) atoms. The molecule has 0 fully saturated rings. The van der Waals surface area contributed by atoms with Crippen LogP contribution in [0.5, 0.6) is 0 Å². The van der Waals surface area contributed by atoms with E-state index in [4.69, 9.17) is 0 Å². The Bertz CT molecular complexity index is 1710. The van der Waals surface area contributed by atoms with E-state index in [0.717, 1.165) is 6.42 Å². The zero-order valence-electron chi connectivity index (χ0n) is 30.9. The Morgan fingerprint density at radius 1 is 0.717 bits per heavy atom. The van der Waals surface area contributed by atoms with Crippen molar-refractivity contribution >= 4 is 15.1 Å². The average molecular weight is 751 g/mol. The molecule has 0 aromatic heterocycles. The zero-order chi connectivity index (χ0) is 32.6. The second-order valence-electron chi connectivity index (χ2n) is 17.7. The first-order valence-electron chi connectivity index (χ1n) is 16.7. The molecule has 246 valence electrons. The van der Waals surface area contributed by atoms with Crippen LogP contribution < -0.4 is 28.1 Å². The van der Waals surface area contributed by atoms with E-state index in [2.05, 4.69) is 160 Å². The van der Waals surface area contributed by atoms with Crippen molar-refractivity contribution in [1.29, 1.82) is 0 Å². The van der Waals surface area contributed by atoms with Crippen molar-refractivity contribution in [3.8, 4) is 11.1 Å². The maximum atomic E-state index is 2.80. The molecular weight excluding hydrogens is 695 g/mol. The molecule has 2 aliphatic rings. The summed E-state index contributed by atoms with van der Waals surface area (Å²) in [6.45, 7) is 33.8. The summed E-state index contributed by atoms with van der Waals surface area (Å²) in [6, 6.07) is 21.9. The molecule has 0 nitrogen and oxygen atoms in total. The fourth-order valence-corrected chi connectivity index (χ4v) is 18.3. The Balaban J connectivity index is 0.00000288. The Kier molecular flexibility index (Phi) is 11.5. The number of allylic oxidation sites excluding steroid dienone is 4. The molecule has 2 aliphatic carbocycles. The maximum absolute atomic E-state index is 2.80. The molecular formula is C42H56Cl2SiZr. The Morgan fingerprint density at radius 3 is 1.76 bits per heavy atom. The molecule has 1 atom stereocenters. The van der Waals surface area contributed by atoms with Crippen LogP contribution >= 0.6 is 0 Å². The molecule has 0 N–H and O–H groups in total. The Morgan fingerprint density at radius 2 is 1.26 bits per heavy atom. The molecule has 1 unspecified atom stereocenters. The van der Waals surface area contributed by atoms with Gasteiger partial charge in [0.05, 0.1) is 0 Å². The van der Waals surface area contributed by atoms with Crippen molar-refractivity contribution in [1.82, 2.24) is 0 Å². The van der Waals surface area contributed by atoms with E-state index in [0.29, 0.717) is 5.92 Å². The SMILES string of the molecule is CC1=[C](/[Zr+2](=[CH]/c2ccc(C(C)(C)C)cc2)[c]2c(C(C)(C)C)ccc3c2Cc2cc(C(C)(C)C)ccc2-3)C(C)C=C1[Si](C)(C)C.[Cl-].[Cl-]. The van der Waals surface area contributed by atoms with Crippen molar-refractivity contribution < 1.29 is 46.1 Å². The second-order valence-corrected chi connectivity index (χ2v) is 28.0.